The molecular formula is C15H15BrO3. The summed E-state index contributed by atoms with van der Waals surface area (Å²) in [6.07, 6.45) is 0.350. The number of aryl methyl sites for hydroxylation is 2. The fourth-order valence-electron chi connectivity index (χ4n) is 2.01. The molecule has 100 valence electrons. The Morgan fingerprint density at radius 2 is 2.05 bits per heavy atom. The van der Waals surface area contributed by atoms with Gasteiger partial charge in [0, 0.05) is 6.42 Å². The first kappa shape index (κ1) is 13.9. The average Bonchev–Trinajstić information content (AvgIpc) is 2.69. The molecule has 0 aliphatic carbocycles. The molecule has 0 spiro atoms. The van der Waals surface area contributed by atoms with Crippen molar-refractivity contribution >= 4 is 21.7 Å². The minimum Gasteiger partial charge on any atom is -0.496 e. The fraction of sp³-hybridized carbons (Fsp3) is 0.267. The molecule has 3 nitrogen and oxygen atoms in total. The number of furan rings is 1. The van der Waals surface area contributed by atoms with Crippen LogP contribution >= 0.6 is 15.9 Å². The lowest BCUT2D eigenvalue weighted by Gasteiger charge is -2.05. The third kappa shape index (κ3) is 3.07. The average molecular weight is 323 g/mol. The Bertz CT molecular complexity index is 614. The van der Waals surface area contributed by atoms with Crippen molar-refractivity contribution in [3.05, 3.63) is 51.4 Å². The summed E-state index contributed by atoms with van der Waals surface area (Å²) in [6.45, 7) is 3.65. The SMILES string of the molecule is COc1ccc(CC(=O)c2cc(C)oc2C)cc1Br. The Morgan fingerprint density at radius 1 is 1.32 bits per heavy atom. The van der Waals surface area contributed by atoms with Crippen molar-refractivity contribution in [2.45, 2.75) is 20.3 Å². The molecule has 0 aliphatic rings. The monoisotopic (exact) mass is 322 g/mol. The predicted molar refractivity (Wildman–Crippen MR) is 76.9 cm³/mol. The summed E-state index contributed by atoms with van der Waals surface area (Å²) in [5.74, 6) is 2.25. The zero-order valence-corrected chi connectivity index (χ0v) is 12.7. The predicted octanol–water partition coefficient (Wildman–Crippen LogP) is 4.09. The van der Waals surface area contributed by atoms with E-state index in [1.54, 1.807) is 13.2 Å². The van der Waals surface area contributed by atoms with Crippen molar-refractivity contribution in [3.63, 3.8) is 0 Å². The molecule has 0 atom stereocenters. The normalized spacial score (nSPS) is 10.5. The van der Waals surface area contributed by atoms with E-state index in [9.17, 15) is 4.79 Å². The summed E-state index contributed by atoms with van der Waals surface area (Å²) < 4.78 is 11.4. The molecule has 1 heterocycles. The minimum atomic E-state index is 0.0615. The van der Waals surface area contributed by atoms with Gasteiger partial charge in [-0.3, -0.25) is 4.79 Å². The minimum absolute atomic E-state index is 0.0615. The lowest BCUT2D eigenvalue weighted by molar-refractivity contribution is 0.0991. The molecule has 0 N–H and O–H groups in total. The number of rotatable bonds is 4. The van der Waals surface area contributed by atoms with E-state index in [1.165, 1.54) is 0 Å². The quantitative estimate of drug-likeness (QED) is 0.796. The van der Waals surface area contributed by atoms with Crippen LogP contribution in [0.1, 0.15) is 27.4 Å². The zero-order valence-electron chi connectivity index (χ0n) is 11.1. The summed E-state index contributed by atoms with van der Waals surface area (Å²) in [7, 11) is 1.61. The number of Topliss-reactive ketones (excluding diaryl/α,β-unsaturated/α-hetero) is 1. The molecule has 0 aliphatic heterocycles. The molecule has 0 unspecified atom stereocenters. The Balaban J connectivity index is 2.19. The summed E-state index contributed by atoms with van der Waals surface area (Å²) in [5, 5.41) is 0. The third-order valence-corrected chi connectivity index (χ3v) is 3.54. The molecule has 0 fully saturated rings. The molecule has 0 amide bonds. The van der Waals surface area contributed by atoms with Crippen molar-refractivity contribution in [2.75, 3.05) is 7.11 Å². The molecular weight excluding hydrogens is 308 g/mol. The van der Waals surface area contributed by atoms with Gasteiger partial charge >= 0.3 is 0 Å². The van der Waals surface area contributed by atoms with E-state index in [2.05, 4.69) is 15.9 Å². The Morgan fingerprint density at radius 3 is 2.58 bits per heavy atom. The van der Waals surface area contributed by atoms with Gasteiger partial charge in [-0.25, -0.2) is 0 Å². The van der Waals surface area contributed by atoms with Gasteiger partial charge in [0.25, 0.3) is 0 Å². The molecule has 19 heavy (non-hydrogen) atoms. The highest BCUT2D eigenvalue weighted by Crippen LogP contribution is 2.26. The van der Waals surface area contributed by atoms with Crippen molar-refractivity contribution in [1.29, 1.82) is 0 Å². The van der Waals surface area contributed by atoms with E-state index in [0.29, 0.717) is 17.7 Å². The first-order chi connectivity index (χ1) is 9.01. The Kier molecular flexibility index (Phi) is 4.10. The number of methoxy groups -OCH3 is 1. The smallest absolute Gasteiger partial charge is 0.170 e. The van der Waals surface area contributed by atoms with Gasteiger partial charge in [0.1, 0.15) is 17.3 Å². The number of ether oxygens (including phenoxy) is 1. The van der Waals surface area contributed by atoms with Crippen molar-refractivity contribution in [3.8, 4) is 5.75 Å². The molecule has 0 bridgehead atoms. The van der Waals surface area contributed by atoms with E-state index in [-0.39, 0.29) is 5.78 Å². The molecule has 1 aromatic heterocycles. The van der Waals surface area contributed by atoms with Crippen LogP contribution in [-0.2, 0) is 6.42 Å². The maximum atomic E-state index is 12.2. The van der Waals surface area contributed by atoms with Crippen LogP contribution in [0.3, 0.4) is 0 Å². The lowest BCUT2D eigenvalue weighted by Crippen LogP contribution is -2.04. The van der Waals surface area contributed by atoms with Crippen LogP contribution in [0.4, 0.5) is 0 Å². The first-order valence-electron chi connectivity index (χ1n) is 5.94. The van der Waals surface area contributed by atoms with Gasteiger partial charge in [-0.15, -0.1) is 0 Å². The highest BCUT2D eigenvalue weighted by molar-refractivity contribution is 9.10. The van der Waals surface area contributed by atoms with E-state index in [1.807, 2.05) is 32.0 Å². The van der Waals surface area contributed by atoms with Gasteiger partial charge in [-0.05, 0) is 53.5 Å². The van der Waals surface area contributed by atoms with Crippen LogP contribution in [0.5, 0.6) is 5.75 Å². The number of benzene rings is 1. The van der Waals surface area contributed by atoms with Gasteiger partial charge in [0.15, 0.2) is 5.78 Å². The van der Waals surface area contributed by atoms with Crippen LogP contribution in [-0.4, -0.2) is 12.9 Å². The topological polar surface area (TPSA) is 39.4 Å². The molecule has 0 saturated carbocycles. The summed E-state index contributed by atoms with van der Waals surface area (Å²) in [4.78, 5) is 12.2. The van der Waals surface area contributed by atoms with E-state index in [4.69, 9.17) is 9.15 Å². The maximum absolute atomic E-state index is 12.2. The number of halogens is 1. The van der Waals surface area contributed by atoms with E-state index in [0.717, 1.165) is 21.5 Å². The summed E-state index contributed by atoms with van der Waals surface area (Å²) in [5.41, 5.74) is 1.60. The van der Waals surface area contributed by atoms with Gasteiger partial charge < -0.3 is 9.15 Å². The van der Waals surface area contributed by atoms with Gasteiger partial charge in [0.2, 0.25) is 0 Å². The van der Waals surface area contributed by atoms with Crippen LogP contribution in [0.25, 0.3) is 0 Å². The van der Waals surface area contributed by atoms with Gasteiger partial charge in [0.05, 0.1) is 17.1 Å². The zero-order chi connectivity index (χ0) is 14.0. The fourth-order valence-corrected chi connectivity index (χ4v) is 2.60. The number of hydrogen-bond acceptors (Lipinski definition) is 3. The second-order valence-electron chi connectivity index (χ2n) is 4.40. The highest BCUT2D eigenvalue weighted by atomic mass is 79.9. The van der Waals surface area contributed by atoms with Crippen LogP contribution in [0.15, 0.2) is 33.2 Å². The highest BCUT2D eigenvalue weighted by Gasteiger charge is 2.14. The van der Waals surface area contributed by atoms with Crippen LogP contribution in [0.2, 0.25) is 0 Å². The number of ketones is 1. The number of hydrogen-bond donors (Lipinski definition) is 0. The molecule has 2 aromatic rings. The first-order valence-corrected chi connectivity index (χ1v) is 6.73. The Hall–Kier alpha value is -1.55. The van der Waals surface area contributed by atoms with Crippen LogP contribution in [0, 0.1) is 13.8 Å². The second-order valence-corrected chi connectivity index (χ2v) is 5.25. The Labute approximate surface area is 120 Å². The molecule has 1 aromatic carbocycles. The van der Waals surface area contributed by atoms with E-state index >= 15 is 0 Å². The second kappa shape index (κ2) is 5.61. The largest absolute Gasteiger partial charge is 0.496 e. The standard InChI is InChI=1S/C15H15BrO3/c1-9-6-12(10(2)19-9)14(17)8-11-4-5-15(18-3)13(16)7-11/h4-7H,8H2,1-3H3. The molecule has 2 rings (SSSR count). The van der Waals surface area contributed by atoms with E-state index < -0.39 is 0 Å². The number of carbonyl (C=O) groups excluding carboxylic acids is 1. The summed E-state index contributed by atoms with van der Waals surface area (Å²) >= 11 is 3.42. The number of carbonyl (C=O) groups is 1. The van der Waals surface area contributed by atoms with Crippen molar-refractivity contribution in [2.24, 2.45) is 0 Å². The van der Waals surface area contributed by atoms with Gasteiger partial charge in [-0.2, -0.15) is 0 Å². The third-order valence-electron chi connectivity index (χ3n) is 2.92. The molecule has 4 heteroatoms. The molecule has 0 radical (unpaired) electrons. The maximum Gasteiger partial charge on any atom is 0.170 e. The summed E-state index contributed by atoms with van der Waals surface area (Å²) in [6, 6.07) is 7.43. The van der Waals surface area contributed by atoms with Crippen molar-refractivity contribution < 1.29 is 13.9 Å². The lowest BCUT2D eigenvalue weighted by atomic mass is 10.0. The van der Waals surface area contributed by atoms with Crippen LogP contribution < -0.4 is 4.74 Å². The van der Waals surface area contributed by atoms with Crippen molar-refractivity contribution in [1.82, 2.24) is 0 Å². The molecule has 0 saturated heterocycles. The van der Waals surface area contributed by atoms with Gasteiger partial charge in [-0.1, -0.05) is 6.07 Å².